The Balaban J connectivity index is 1.75. The molecule has 1 aromatic rings. The third kappa shape index (κ3) is 3.91. The summed E-state index contributed by atoms with van der Waals surface area (Å²) in [6, 6.07) is 0. The van der Waals surface area contributed by atoms with E-state index in [1.807, 2.05) is 16.5 Å². The van der Waals surface area contributed by atoms with Gasteiger partial charge in [-0.05, 0) is 18.9 Å². The zero-order chi connectivity index (χ0) is 13.7. The smallest absolute Gasteiger partial charge is 0.222 e. The van der Waals surface area contributed by atoms with Crippen LogP contribution in [0.4, 0.5) is 5.13 Å². The monoisotopic (exact) mass is 282 g/mol. The number of thiazole rings is 1. The number of rotatable bonds is 5. The van der Waals surface area contributed by atoms with Crippen LogP contribution in [0.25, 0.3) is 0 Å². The lowest BCUT2D eigenvalue weighted by Crippen LogP contribution is -2.48. The SMILES string of the molecule is CC(CN)CCC(=O)N1CCN(c2nccs2)CC1. The van der Waals surface area contributed by atoms with Crippen molar-refractivity contribution in [3.05, 3.63) is 11.6 Å². The third-order valence-corrected chi connectivity index (χ3v) is 4.41. The Morgan fingerprint density at radius 1 is 1.47 bits per heavy atom. The van der Waals surface area contributed by atoms with Crippen LogP contribution >= 0.6 is 11.3 Å². The highest BCUT2D eigenvalue weighted by Gasteiger charge is 2.22. The molecule has 1 saturated heterocycles. The van der Waals surface area contributed by atoms with Crippen LogP contribution in [0, 0.1) is 5.92 Å². The molecule has 1 unspecified atom stereocenters. The molecule has 0 radical (unpaired) electrons. The second kappa shape index (κ2) is 6.86. The number of nitrogens with two attached hydrogens (primary N) is 1. The van der Waals surface area contributed by atoms with Gasteiger partial charge in [-0.2, -0.15) is 0 Å². The molecular formula is C13H22N4OS. The molecule has 2 N–H and O–H groups in total. The fourth-order valence-corrected chi connectivity index (χ4v) is 2.86. The van der Waals surface area contributed by atoms with Crippen LogP contribution in [0.1, 0.15) is 19.8 Å². The Hall–Kier alpha value is -1.14. The molecule has 1 fully saturated rings. The number of carbonyl (C=O) groups excluding carboxylic acids is 1. The van der Waals surface area contributed by atoms with Crippen molar-refractivity contribution in [3.63, 3.8) is 0 Å². The van der Waals surface area contributed by atoms with E-state index >= 15 is 0 Å². The number of hydrogen-bond donors (Lipinski definition) is 1. The lowest BCUT2D eigenvalue weighted by molar-refractivity contribution is -0.131. The number of anilines is 1. The Bertz CT molecular complexity index is 387. The molecule has 0 aromatic carbocycles. The summed E-state index contributed by atoms with van der Waals surface area (Å²) >= 11 is 1.65. The van der Waals surface area contributed by atoms with Crippen LogP contribution in [-0.4, -0.2) is 48.5 Å². The fraction of sp³-hybridized carbons (Fsp3) is 0.692. The van der Waals surface area contributed by atoms with Crippen molar-refractivity contribution in [1.29, 1.82) is 0 Å². The van der Waals surface area contributed by atoms with E-state index in [0.29, 0.717) is 18.9 Å². The van der Waals surface area contributed by atoms with E-state index in [0.717, 1.165) is 37.7 Å². The molecule has 0 aliphatic carbocycles. The van der Waals surface area contributed by atoms with Gasteiger partial charge >= 0.3 is 0 Å². The molecule has 6 heteroatoms. The van der Waals surface area contributed by atoms with E-state index in [1.165, 1.54) is 0 Å². The quantitative estimate of drug-likeness (QED) is 0.880. The van der Waals surface area contributed by atoms with Gasteiger partial charge in [0.15, 0.2) is 5.13 Å². The van der Waals surface area contributed by atoms with Crippen LogP contribution in [-0.2, 0) is 4.79 Å². The Morgan fingerprint density at radius 2 is 2.21 bits per heavy atom. The van der Waals surface area contributed by atoms with Crippen molar-refractivity contribution in [3.8, 4) is 0 Å². The molecule has 0 bridgehead atoms. The molecule has 1 amide bonds. The molecule has 1 aliphatic heterocycles. The average molecular weight is 282 g/mol. The van der Waals surface area contributed by atoms with Gasteiger partial charge in [-0.1, -0.05) is 6.92 Å². The molecule has 5 nitrogen and oxygen atoms in total. The van der Waals surface area contributed by atoms with Crippen molar-refractivity contribution >= 4 is 22.4 Å². The zero-order valence-corrected chi connectivity index (χ0v) is 12.2. The summed E-state index contributed by atoms with van der Waals surface area (Å²) in [5.41, 5.74) is 5.57. The van der Waals surface area contributed by atoms with Gasteiger partial charge in [-0.25, -0.2) is 4.98 Å². The van der Waals surface area contributed by atoms with Gasteiger partial charge < -0.3 is 15.5 Å². The van der Waals surface area contributed by atoms with Gasteiger partial charge in [-0.3, -0.25) is 4.79 Å². The molecule has 19 heavy (non-hydrogen) atoms. The summed E-state index contributed by atoms with van der Waals surface area (Å²) in [4.78, 5) is 20.6. The zero-order valence-electron chi connectivity index (χ0n) is 11.4. The number of hydrogen-bond acceptors (Lipinski definition) is 5. The molecule has 106 valence electrons. The van der Waals surface area contributed by atoms with E-state index in [-0.39, 0.29) is 5.91 Å². The van der Waals surface area contributed by atoms with E-state index in [1.54, 1.807) is 11.3 Å². The van der Waals surface area contributed by atoms with Gasteiger partial charge in [0.2, 0.25) is 5.91 Å². The summed E-state index contributed by atoms with van der Waals surface area (Å²) in [5, 5.41) is 3.05. The van der Waals surface area contributed by atoms with Gasteiger partial charge in [-0.15, -0.1) is 11.3 Å². The van der Waals surface area contributed by atoms with Crippen LogP contribution in [0.2, 0.25) is 0 Å². The largest absolute Gasteiger partial charge is 0.345 e. The van der Waals surface area contributed by atoms with E-state index in [9.17, 15) is 4.79 Å². The molecule has 1 aromatic heterocycles. The highest BCUT2D eigenvalue weighted by molar-refractivity contribution is 7.13. The highest BCUT2D eigenvalue weighted by atomic mass is 32.1. The van der Waals surface area contributed by atoms with E-state index in [4.69, 9.17) is 5.73 Å². The normalized spacial score (nSPS) is 17.6. The summed E-state index contributed by atoms with van der Waals surface area (Å²) in [6.45, 7) is 6.11. The minimum Gasteiger partial charge on any atom is -0.345 e. The topological polar surface area (TPSA) is 62.5 Å². The summed E-state index contributed by atoms with van der Waals surface area (Å²) in [6.07, 6.45) is 3.34. The molecular weight excluding hydrogens is 260 g/mol. The predicted molar refractivity (Wildman–Crippen MR) is 78.4 cm³/mol. The number of carbonyl (C=O) groups is 1. The van der Waals surface area contributed by atoms with Gasteiger partial charge in [0.1, 0.15) is 0 Å². The summed E-state index contributed by atoms with van der Waals surface area (Å²) < 4.78 is 0. The van der Waals surface area contributed by atoms with Gasteiger partial charge in [0.25, 0.3) is 0 Å². The van der Waals surface area contributed by atoms with Crippen LogP contribution in [0.15, 0.2) is 11.6 Å². The first-order valence-corrected chi connectivity index (χ1v) is 7.71. The van der Waals surface area contributed by atoms with Crippen molar-refractivity contribution in [2.75, 3.05) is 37.6 Å². The van der Waals surface area contributed by atoms with E-state index in [2.05, 4.69) is 16.8 Å². The molecule has 2 heterocycles. The standard InChI is InChI=1S/C13H22N4OS/c1-11(10-14)2-3-12(18)16-5-7-17(8-6-16)13-15-4-9-19-13/h4,9,11H,2-3,5-8,10,14H2,1H3. The average Bonchev–Trinajstić information content (AvgIpc) is 2.98. The van der Waals surface area contributed by atoms with Gasteiger partial charge in [0.05, 0.1) is 0 Å². The Labute approximate surface area is 118 Å². The first-order valence-electron chi connectivity index (χ1n) is 6.83. The fourth-order valence-electron chi connectivity index (χ4n) is 2.17. The van der Waals surface area contributed by atoms with E-state index < -0.39 is 0 Å². The minimum absolute atomic E-state index is 0.263. The molecule has 0 saturated carbocycles. The second-order valence-corrected chi connectivity index (χ2v) is 5.94. The second-order valence-electron chi connectivity index (χ2n) is 5.06. The number of nitrogens with zero attached hydrogens (tertiary/aromatic N) is 3. The maximum atomic E-state index is 12.1. The van der Waals surface area contributed by atoms with Crippen LogP contribution < -0.4 is 10.6 Å². The molecule has 0 spiro atoms. The Morgan fingerprint density at radius 3 is 2.79 bits per heavy atom. The third-order valence-electron chi connectivity index (χ3n) is 3.58. The lowest BCUT2D eigenvalue weighted by Gasteiger charge is -2.34. The van der Waals surface area contributed by atoms with Crippen molar-refractivity contribution in [2.24, 2.45) is 11.7 Å². The van der Waals surface area contributed by atoms with Crippen molar-refractivity contribution in [1.82, 2.24) is 9.88 Å². The summed E-state index contributed by atoms with van der Waals surface area (Å²) in [7, 11) is 0. The first-order chi connectivity index (χ1) is 9.20. The van der Waals surface area contributed by atoms with Crippen molar-refractivity contribution < 1.29 is 4.79 Å². The highest BCUT2D eigenvalue weighted by Crippen LogP contribution is 2.19. The Kier molecular flexibility index (Phi) is 5.15. The molecule has 1 aliphatic rings. The summed E-state index contributed by atoms with van der Waals surface area (Å²) in [5.74, 6) is 0.694. The lowest BCUT2D eigenvalue weighted by atomic mass is 10.1. The van der Waals surface area contributed by atoms with Crippen LogP contribution in [0.5, 0.6) is 0 Å². The molecule has 2 rings (SSSR count). The predicted octanol–water partition coefficient (Wildman–Crippen LogP) is 1.17. The first kappa shape index (κ1) is 14.3. The minimum atomic E-state index is 0.263. The molecule has 1 atom stereocenters. The van der Waals surface area contributed by atoms with Gasteiger partial charge in [0, 0.05) is 44.2 Å². The maximum absolute atomic E-state index is 12.1. The number of aromatic nitrogens is 1. The number of amides is 1. The van der Waals surface area contributed by atoms with Crippen LogP contribution in [0.3, 0.4) is 0 Å². The van der Waals surface area contributed by atoms with Crippen molar-refractivity contribution in [2.45, 2.75) is 19.8 Å². The number of piperazine rings is 1. The maximum Gasteiger partial charge on any atom is 0.222 e.